The Labute approximate surface area is 71.4 Å². The minimum Gasteiger partial charge on any atom is -0.365 e. The molecule has 0 bridgehead atoms. The summed E-state index contributed by atoms with van der Waals surface area (Å²) in [7, 11) is 0. The molecule has 0 spiro atoms. The van der Waals surface area contributed by atoms with Crippen molar-refractivity contribution >= 4 is 5.91 Å². The van der Waals surface area contributed by atoms with Crippen LogP contribution in [0.3, 0.4) is 0 Å². The molecule has 2 N–H and O–H groups in total. The molecular weight excluding hydrogens is 185 g/mol. The highest BCUT2D eigenvalue weighted by Crippen LogP contribution is 2.21. The fourth-order valence-corrected chi connectivity index (χ4v) is 0.863. The van der Waals surface area contributed by atoms with Gasteiger partial charge in [-0.3, -0.25) is 9.78 Å². The molecule has 6 heteroatoms. The number of rotatable bonds is 2. The number of pyridine rings is 1. The third-order valence-corrected chi connectivity index (χ3v) is 1.38. The van der Waals surface area contributed by atoms with E-state index in [4.69, 9.17) is 5.73 Å². The lowest BCUT2D eigenvalue weighted by molar-refractivity contribution is 0.0977. The molecule has 0 unspecified atom stereocenters. The first-order valence-corrected chi connectivity index (χ1v) is 3.26. The quantitative estimate of drug-likeness (QED) is 0.763. The van der Waals surface area contributed by atoms with E-state index in [0.29, 0.717) is 0 Å². The van der Waals surface area contributed by atoms with Gasteiger partial charge < -0.3 is 5.73 Å². The Morgan fingerprint density at radius 1 is 1.54 bits per heavy atom. The maximum absolute atomic E-state index is 12.8. The smallest absolute Gasteiger partial charge is 0.281 e. The summed E-state index contributed by atoms with van der Waals surface area (Å²) in [6.07, 6.45) is -2.17. The van der Waals surface area contributed by atoms with E-state index >= 15 is 0 Å². The first kappa shape index (κ1) is 9.50. The van der Waals surface area contributed by atoms with Crippen molar-refractivity contribution in [2.75, 3.05) is 0 Å². The summed E-state index contributed by atoms with van der Waals surface area (Å²) in [4.78, 5) is 13.7. The number of hydrogen-bond acceptors (Lipinski definition) is 2. The fourth-order valence-electron chi connectivity index (χ4n) is 0.863. The molecule has 1 aromatic rings. The van der Waals surface area contributed by atoms with Crippen LogP contribution in [0.25, 0.3) is 0 Å². The van der Waals surface area contributed by atoms with E-state index in [9.17, 15) is 18.0 Å². The number of nitrogens with two attached hydrogens (primary N) is 1. The maximum atomic E-state index is 12.8. The maximum Gasteiger partial charge on any atom is 0.281 e. The molecule has 0 aliphatic heterocycles. The fraction of sp³-hybridized carbons (Fsp3) is 0.143. The number of nitrogens with zero attached hydrogens (tertiary/aromatic N) is 1. The second-order valence-corrected chi connectivity index (χ2v) is 2.22. The highest BCUT2D eigenvalue weighted by molar-refractivity contribution is 5.94. The average Bonchev–Trinajstić information content (AvgIpc) is 2.02. The van der Waals surface area contributed by atoms with E-state index in [1.165, 1.54) is 0 Å². The minimum atomic E-state index is -3.02. The van der Waals surface area contributed by atoms with Crippen LogP contribution in [0.4, 0.5) is 13.2 Å². The first-order valence-electron chi connectivity index (χ1n) is 3.26. The lowest BCUT2D eigenvalue weighted by atomic mass is 10.2. The van der Waals surface area contributed by atoms with Crippen molar-refractivity contribution in [3.63, 3.8) is 0 Å². The number of alkyl halides is 2. The summed E-state index contributed by atoms with van der Waals surface area (Å²) in [6, 6.07) is 0.798. The molecular formula is C7H5F3N2O. The number of carbonyl (C=O) groups excluding carboxylic acids is 1. The molecule has 13 heavy (non-hydrogen) atoms. The SMILES string of the molecule is NC(=O)c1c(F)ccnc1C(F)F. The summed E-state index contributed by atoms with van der Waals surface area (Å²) in [6.45, 7) is 0. The molecule has 0 aromatic carbocycles. The average molecular weight is 190 g/mol. The largest absolute Gasteiger partial charge is 0.365 e. The Kier molecular flexibility index (Phi) is 2.50. The Morgan fingerprint density at radius 2 is 2.15 bits per heavy atom. The van der Waals surface area contributed by atoms with Crippen molar-refractivity contribution in [3.05, 3.63) is 29.3 Å². The van der Waals surface area contributed by atoms with E-state index < -0.39 is 29.4 Å². The zero-order valence-corrected chi connectivity index (χ0v) is 6.30. The predicted octanol–water partition coefficient (Wildman–Crippen LogP) is 1.26. The molecule has 0 atom stereocenters. The van der Waals surface area contributed by atoms with Crippen LogP contribution in [-0.2, 0) is 0 Å². The van der Waals surface area contributed by atoms with Gasteiger partial charge in [0.1, 0.15) is 17.1 Å². The van der Waals surface area contributed by atoms with E-state index in [1.807, 2.05) is 0 Å². The van der Waals surface area contributed by atoms with Gasteiger partial charge in [-0.05, 0) is 6.07 Å². The normalized spacial score (nSPS) is 10.5. The van der Waals surface area contributed by atoms with E-state index in [-0.39, 0.29) is 0 Å². The standard InChI is InChI=1S/C7H5F3N2O/c8-3-1-2-12-5(6(9)10)4(3)7(11)13/h1-2,6H,(H2,11,13). The van der Waals surface area contributed by atoms with Gasteiger partial charge in [-0.15, -0.1) is 0 Å². The monoisotopic (exact) mass is 190 g/mol. The second kappa shape index (κ2) is 3.42. The van der Waals surface area contributed by atoms with E-state index in [1.54, 1.807) is 0 Å². The summed E-state index contributed by atoms with van der Waals surface area (Å²) in [5, 5.41) is 0. The minimum absolute atomic E-state index is 0.798. The molecule has 1 heterocycles. The Bertz CT molecular complexity index is 341. The molecule has 0 radical (unpaired) electrons. The predicted molar refractivity (Wildman–Crippen MR) is 37.7 cm³/mol. The number of carbonyl (C=O) groups is 1. The number of primary amides is 1. The van der Waals surface area contributed by atoms with Gasteiger partial charge in [0.25, 0.3) is 12.3 Å². The van der Waals surface area contributed by atoms with Crippen LogP contribution in [0.15, 0.2) is 12.3 Å². The molecule has 0 saturated carbocycles. The lowest BCUT2D eigenvalue weighted by Gasteiger charge is -2.04. The van der Waals surface area contributed by atoms with Crippen molar-refractivity contribution in [2.45, 2.75) is 6.43 Å². The second-order valence-electron chi connectivity index (χ2n) is 2.22. The van der Waals surface area contributed by atoms with Crippen molar-refractivity contribution in [3.8, 4) is 0 Å². The van der Waals surface area contributed by atoms with Crippen LogP contribution in [-0.4, -0.2) is 10.9 Å². The molecule has 1 aromatic heterocycles. The van der Waals surface area contributed by atoms with Gasteiger partial charge in [-0.2, -0.15) is 0 Å². The summed E-state index contributed by atoms with van der Waals surface area (Å²) < 4.78 is 37.0. The summed E-state index contributed by atoms with van der Waals surface area (Å²) in [5.41, 5.74) is 2.93. The number of halogens is 3. The van der Waals surface area contributed by atoms with Crippen molar-refractivity contribution < 1.29 is 18.0 Å². The van der Waals surface area contributed by atoms with Gasteiger partial charge in [0, 0.05) is 6.20 Å². The van der Waals surface area contributed by atoms with Gasteiger partial charge in [0.05, 0.1) is 0 Å². The Balaban J connectivity index is 3.34. The van der Waals surface area contributed by atoms with Crippen LogP contribution >= 0.6 is 0 Å². The topological polar surface area (TPSA) is 56.0 Å². The zero-order chi connectivity index (χ0) is 10.0. The third kappa shape index (κ3) is 1.77. The summed E-state index contributed by atoms with van der Waals surface area (Å²) in [5.74, 6) is -2.33. The van der Waals surface area contributed by atoms with Crippen molar-refractivity contribution in [2.24, 2.45) is 5.73 Å². The van der Waals surface area contributed by atoms with Crippen LogP contribution in [0.5, 0.6) is 0 Å². The van der Waals surface area contributed by atoms with Gasteiger partial charge in [0.15, 0.2) is 0 Å². The molecule has 1 rings (SSSR count). The van der Waals surface area contributed by atoms with Gasteiger partial charge in [0.2, 0.25) is 0 Å². The van der Waals surface area contributed by atoms with Gasteiger partial charge in [-0.25, -0.2) is 13.2 Å². The van der Waals surface area contributed by atoms with E-state index in [0.717, 1.165) is 12.3 Å². The van der Waals surface area contributed by atoms with E-state index in [2.05, 4.69) is 4.98 Å². The van der Waals surface area contributed by atoms with Crippen molar-refractivity contribution in [1.82, 2.24) is 4.98 Å². The highest BCUT2D eigenvalue weighted by atomic mass is 19.3. The van der Waals surface area contributed by atoms with Gasteiger partial charge in [-0.1, -0.05) is 0 Å². The third-order valence-electron chi connectivity index (χ3n) is 1.38. The molecule has 3 nitrogen and oxygen atoms in total. The highest BCUT2D eigenvalue weighted by Gasteiger charge is 2.21. The number of hydrogen-bond donors (Lipinski definition) is 1. The molecule has 70 valence electrons. The lowest BCUT2D eigenvalue weighted by Crippen LogP contribution is -2.17. The Hall–Kier alpha value is -1.59. The van der Waals surface area contributed by atoms with Crippen LogP contribution < -0.4 is 5.73 Å². The molecule has 0 fully saturated rings. The van der Waals surface area contributed by atoms with Crippen LogP contribution in [0, 0.1) is 5.82 Å². The molecule has 1 amide bonds. The van der Waals surface area contributed by atoms with Crippen LogP contribution in [0.1, 0.15) is 22.5 Å². The number of amides is 1. The molecule has 0 aliphatic carbocycles. The molecule has 0 saturated heterocycles. The zero-order valence-electron chi connectivity index (χ0n) is 6.30. The molecule has 0 aliphatic rings. The van der Waals surface area contributed by atoms with Crippen molar-refractivity contribution in [1.29, 1.82) is 0 Å². The van der Waals surface area contributed by atoms with Crippen LogP contribution in [0.2, 0.25) is 0 Å². The number of aromatic nitrogens is 1. The summed E-state index contributed by atoms with van der Waals surface area (Å²) >= 11 is 0. The first-order chi connectivity index (χ1) is 6.04. The van der Waals surface area contributed by atoms with Gasteiger partial charge >= 0.3 is 0 Å². The Morgan fingerprint density at radius 3 is 2.54 bits per heavy atom.